The lowest BCUT2D eigenvalue weighted by molar-refractivity contribution is -0.139. The molecule has 1 aliphatic rings. The van der Waals surface area contributed by atoms with Crippen molar-refractivity contribution in [3.8, 4) is 0 Å². The van der Waals surface area contributed by atoms with Crippen molar-refractivity contribution in [2.45, 2.75) is 70.9 Å². The van der Waals surface area contributed by atoms with Gasteiger partial charge in [-0.15, -0.1) is 0 Å². The van der Waals surface area contributed by atoms with Gasteiger partial charge in [0, 0.05) is 12.6 Å². The first-order valence-electron chi connectivity index (χ1n) is 12.8. The molecule has 2 amide bonds. The fourth-order valence-corrected chi connectivity index (χ4v) is 5.45. The molecule has 8 heteroatoms. The molecule has 0 aliphatic heterocycles. The van der Waals surface area contributed by atoms with Crippen LogP contribution in [0.1, 0.15) is 63.5 Å². The highest BCUT2D eigenvalue weighted by molar-refractivity contribution is 7.92. The lowest BCUT2D eigenvalue weighted by atomic mass is 10.0. The molecule has 1 saturated carbocycles. The average Bonchev–Trinajstić information content (AvgIpc) is 3.35. The fourth-order valence-electron chi connectivity index (χ4n) is 4.60. The average molecular weight is 514 g/mol. The molecule has 2 aromatic carbocycles. The summed E-state index contributed by atoms with van der Waals surface area (Å²) in [7, 11) is -3.73. The maximum absolute atomic E-state index is 13.6. The van der Waals surface area contributed by atoms with Crippen LogP contribution >= 0.6 is 0 Å². The van der Waals surface area contributed by atoms with Crippen LogP contribution in [0.2, 0.25) is 0 Å². The zero-order chi connectivity index (χ0) is 26.3. The van der Waals surface area contributed by atoms with E-state index < -0.39 is 22.0 Å². The van der Waals surface area contributed by atoms with Gasteiger partial charge in [-0.05, 0) is 55.4 Å². The van der Waals surface area contributed by atoms with Crippen molar-refractivity contribution in [1.29, 1.82) is 0 Å². The molecule has 2 aromatic rings. The highest BCUT2D eigenvalue weighted by Gasteiger charge is 2.31. The summed E-state index contributed by atoms with van der Waals surface area (Å²) in [6, 6.07) is 16.4. The highest BCUT2D eigenvalue weighted by Crippen LogP contribution is 2.23. The Morgan fingerprint density at radius 2 is 1.58 bits per heavy atom. The van der Waals surface area contributed by atoms with Crippen LogP contribution < -0.4 is 9.62 Å². The number of sulfonamides is 1. The molecule has 0 spiro atoms. The van der Waals surface area contributed by atoms with Gasteiger partial charge in [0.2, 0.25) is 21.8 Å². The van der Waals surface area contributed by atoms with Gasteiger partial charge in [-0.2, -0.15) is 0 Å². The van der Waals surface area contributed by atoms with Gasteiger partial charge in [-0.25, -0.2) is 8.42 Å². The molecule has 1 fully saturated rings. The Morgan fingerprint density at radius 1 is 0.972 bits per heavy atom. The van der Waals surface area contributed by atoms with E-state index in [4.69, 9.17) is 0 Å². The Morgan fingerprint density at radius 3 is 2.14 bits per heavy atom. The topological polar surface area (TPSA) is 86.8 Å². The molecule has 3 rings (SSSR count). The van der Waals surface area contributed by atoms with Gasteiger partial charge >= 0.3 is 0 Å². The molecule has 1 atom stereocenters. The number of hydrogen-bond donors (Lipinski definition) is 1. The standard InChI is InChI=1S/C28H39N3O4S/c1-21(2)24-14-16-26(17-15-24)31(36(4,34)35)20-27(32)30(19-18-23-10-6-5-7-11-23)22(3)28(33)29-25-12-8-9-13-25/h5-7,10-11,14-17,21-22,25H,8-9,12-13,18-20H2,1-4H3,(H,29,33)/t22-/m0/s1. The summed E-state index contributed by atoms with van der Waals surface area (Å²) in [4.78, 5) is 28.2. The van der Waals surface area contributed by atoms with Crippen molar-refractivity contribution < 1.29 is 18.0 Å². The summed E-state index contributed by atoms with van der Waals surface area (Å²) in [5.41, 5.74) is 2.56. The van der Waals surface area contributed by atoms with Gasteiger partial charge in [-0.1, -0.05) is 69.2 Å². The van der Waals surface area contributed by atoms with Crippen LogP contribution in [0.15, 0.2) is 54.6 Å². The number of carbonyl (C=O) groups is 2. The van der Waals surface area contributed by atoms with Crippen molar-refractivity contribution in [3.63, 3.8) is 0 Å². The summed E-state index contributed by atoms with van der Waals surface area (Å²) in [6.45, 7) is 5.79. The minimum Gasteiger partial charge on any atom is -0.352 e. The fraction of sp³-hybridized carbons (Fsp3) is 0.500. The highest BCUT2D eigenvalue weighted by atomic mass is 32.2. The zero-order valence-electron chi connectivity index (χ0n) is 21.8. The van der Waals surface area contributed by atoms with Crippen molar-refractivity contribution >= 4 is 27.5 Å². The predicted octanol–water partition coefficient (Wildman–Crippen LogP) is 4.09. The van der Waals surface area contributed by atoms with Crippen LogP contribution in [0.25, 0.3) is 0 Å². The maximum atomic E-state index is 13.6. The number of carbonyl (C=O) groups excluding carboxylic acids is 2. The minimum absolute atomic E-state index is 0.137. The van der Waals surface area contributed by atoms with Crippen molar-refractivity contribution in [1.82, 2.24) is 10.2 Å². The van der Waals surface area contributed by atoms with E-state index in [1.807, 2.05) is 42.5 Å². The van der Waals surface area contributed by atoms with E-state index in [1.54, 1.807) is 19.1 Å². The summed E-state index contributed by atoms with van der Waals surface area (Å²) in [5, 5.41) is 3.08. The molecule has 0 aromatic heterocycles. The monoisotopic (exact) mass is 513 g/mol. The summed E-state index contributed by atoms with van der Waals surface area (Å²) in [6.07, 6.45) is 5.75. The third-order valence-electron chi connectivity index (χ3n) is 6.88. The molecule has 0 bridgehead atoms. The van der Waals surface area contributed by atoms with Gasteiger partial charge in [0.15, 0.2) is 0 Å². The number of anilines is 1. The molecule has 0 radical (unpaired) electrons. The van der Waals surface area contributed by atoms with E-state index in [1.165, 1.54) is 4.90 Å². The van der Waals surface area contributed by atoms with Crippen molar-refractivity contribution in [2.75, 3.05) is 23.7 Å². The predicted molar refractivity (Wildman–Crippen MR) is 144 cm³/mol. The number of hydrogen-bond acceptors (Lipinski definition) is 4. The van der Waals surface area contributed by atoms with E-state index in [-0.39, 0.29) is 18.5 Å². The van der Waals surface area contributed by atoms with E-state index >= 15 is 0 Å². The Labute approximate surface area is 215 Å². The van der Waals surface area contributed by atoms with Gasteiger partial charge in [0.25, 0.3) is 0 Å². The van der Waals surface area contributed by atoms with Gasteiger partial charge in [0.1, 0.15) is 12.6 Å². The molecular formula is C28H39N3O4S. The quantitative estimate of drug-likeness (QED) is 0.490. The maximum Gasteiger partial charge on any atom is 0.244 e. The first-order valence-corrected chi connectivity index (χ1v) is 14.6. The zero-order valence-corrected chi connectivity index (χ0v) is 22.6. The Hall–Kier alpha value is -2.87. The lowest BCUT2D eigenvalue weighted by Crippen LogP contribution is -2.53. The first kappa shape index (κ1) is 27.7. The number of rotatable bonds is 11. The molecule has 0 saturated heterocycles. The normalized spacial score (nSPS) is 15.0. The second-order valence-electron chi connectivity index (χ2n) is 10.0. The molecule has 0 heterocycles. The molecule has 1 aliphatic carbocycles. The van der Waals surface area contributed by atoms with E-state index in [0.29, 0.717) is 24.6 Å². The first-order chi connectivity index (χ1) is 17.1. The van der Waals surface area contributed by atoms with Crippen LogP contribution in [-0.2, 0) is 26.0 Å². The van der Waals surface area contributed by atoms with E-state index in [0.717, 1.165) is 47.4 Å². The molecule has 0 unspecified atom stereocenters. The summed E-state index contributed by atoms with van der Waals surface area (Å²) in [5.74, 6) is -0.297. The second kappa shape index (κ2) is 12.4. The molecular weight excluding hydrogens is 474 g/mol. The van der Waals surface area contributed by atoms with Crippen LogP contribution in [-0.4, -0.2) is 56.6 Å². The number of benzene rings is 2. The van der Waals surface area contributed by atoms with Gasteiger partial charge < -0.3 is 10.2 Å². The number of nitrogens with zero attached hydrogens (tertiary/aromatic N) is 2. The molecule has 1 N–H and O–H groups in total. The summed E-state index contributed by atoms with van der Waals surface area (Å²) < 4.78 is 26.5. The Kier molecular flexibility index (Phi) is 9.54. The van der Waals surface area contributed by atoms with E-state index in [9.17, 15) is 18.0 Å². The molecule has 7 nitrogen and oxygen atoms in total. The minimum atomic E-state index is -3.73. The van der Waals surface area contributed by atoms with Crippen LogP contribution in [0.4, 0.5) is 5.69 Å². The van der Waals surface area contributed by atoms with Crippen molar-refractivity contribution in [3.05, 3.63) is 65.7 Å². The third kappa shape index (κ3) is 7.56. The molecule has 196 valence electrons. The number of amides is 2. The number of nitrogens with one attached hydrogen (secondary N) is 1. The SMILES string of the molecule is CC(C)c1ccc(N(CC(=O)N(CCc2ccccc2)[C@@H](C)C(=O)NC2CCCC2)S(C)(=O)=O)cc1. The van der Waals surface area contributed by atoms with Crippen molar-refractivity contribution in [2.24, 2.45) is 0 Å². The van der Waals surface area contributed by atoms with Crippen LogP contribution in [0.5, 0.6) is 0 Å². The van der Waals surface area contributed by atoms with Gasteiger partial charge in [0.05, 0.1) is 11.9 Å². The largest absolute Gasteiger partial charge is 0.352 e. The second-order valence-corrected chi connectivity index (χ2v) is 11.9. The Balaban J connectivity index is 1.82. The smallest absolute Gasteiger partial charge is 0.244 e. The molecule has 36 heavy (non-hydrogen) atoms. The van der Waals surface area contributed by atoms with Gasteiger partial charge in [-0.3, -0.25) is 13.9 Å². The lowest BCUT2D eigenvalue weighted by Gasteiger charge is -2.32. The van der Waals surface area contributed by atoms with Crippen LogP contribution in [0, 0.1) is 0 Å². The third-order valence-corrected chi connectivity index (χ3v) is 8.02. The van der Waals surface area contributed by atoms with E-state index in [2.05, 4.69) is 19.2 Å². The van der Waals surface area contributed by atoms with Crippen LogP contribution in [0.3, 0.4) is 0 Å². The summed E-state index contributed by atoms with van der Waals surface area (Å²) >= 11 is 0. The Bertz CT molecular complexity index is 1110.